The lowest BCUT2D eigenvalue weighted by molar-refractivity contribution is 0.0787. The number of carbonyl (C=O) groups excluding carboxylic acids is 1. The zero-order valence-electron chi connectivity index (χ0n) is 10.6. The number of halogens is 2. The van der Waals surface area contributed by atoms with Crippen LogP contribution in [0.2, 0.25) is 9.36 Å². The Morgan fingerprint density at radius 1 is 1.56 bits per heavy atom. The van der Waals surface area contributed by atoms with E-state index in [1.807, 2.05) is 0 Å². The van der Waals surface area contributed by atoms with Gasteiger partial charge in [-0.25, -0.2) is 0 Å². The van der Waals surface area contributed by atoms with Crippen LogP contribution in [0.1, 0.15) is 36.4 Å². The van der Waals surface area contributed by atoms with Crippen molar-refractivity contribution in [2.75, 3.05) is 13.1 Å². The van der Waals surface area contributed by atoms with Gasteiger partial charge in [0.25, 0.3) is 0 Å². The molecule has 5 heteroatoms. The molecule has 2 heterocycles. The number of rotatable bonds is 4. The van der Waals surface area contributed by atoms with Gasteiger partial charge in [0, 0.05) is 12.0 Å². The first-order chi connectivity index (χ1) is 8.44. The van der Waals surface area contributed by atoms with Gasteiger partial charge in [-0.2, -0.15) is 0 Å². The van der Waals surface area contributed by atoms with Crippen LogP contribution >= 0.6 is 34.5 Å². The number of hydrogen-bond donors (Lipinski definition) is 1. The van der Waals surface area contributed by atoms with E-state index in [-0.39, 0.29) is 11.2 Å². The predicted molar refractivity (Wildman–Crippen MR) is 78.0 cm³/mol. The maximum absolute atomic E-state index is 12.7. The third-order valence-electron chi connectivity index (χ3n) is 3.39. The lowest BCUT2D eigenvalue weighted by atomic mass is 9.75. The molecule has 0 spiro atoms. The topological polar surface area (TPSA) is 29.1 Å². The fourth-order valence-electron chi connectivity index (χ4n) is 2.71. The van der Waals surface area contributed by atoms with Gasteiger partial charge in [0.1, 0.15) is 4.34 Å². The van der Waals surface area contributed by atoms with E-state index < -0.39 is 0 Å². The minimum atomic E-state index is -0.272. The molecule has 100 valence electrons. The average Bonchev–Trinajstić information content (AvgIpc) is 2.86. The summed E-state index contributed by atoms with van der Waals surface area (Å²) in [5, 5.41) is 3.79. The highest BCUT2D eigenvalue weighted by Crippen LogP contribution is 2.40. The molecule has 0 radical (unpaired) electrons. The number of carbonyl (C=O) groups is 1. The summed E-state index contributed by atoms with van der Waals surface area (Å²) in [6, 6.07) is 1.71. The van der Waals surface area contributed by atoms with Gasteiger partial charge in [0.05, 0.1) is 9.90 Å². The molecular weight excluding hydrogens is 289 g/mol. The summed E-state index contributed by atoms with van der Waals surface area (Å²) >= 11 is 13.2. The van der Waals surface area contributed by atoms with E-state index in [2.05, 4.69) is 19.2 Å². The number of ketones is 1. The molecule has 1 saturated heterocycles. The molecule has 2 rings (SSSR count). The molecule has 1 fully saturated rings. The van der Waals surface area contributed by atoms with E-state index in [1.54, 1.807) is 6.07 Å². The number of Topliss-reactive ketones (excluding diaryl/α,β-unsaturated/α-hetero) is 1. The first-order valence-corrected chi connectivity index (χ1v) is 7.72. The van der Waals surface area contributed by atoms with Gasteiger partial charge in [-0.3, -0.25) is 4.79 Å². The van der Waals surface area contributed by atoms with E-state index in [1.165, 1.54) is 11.3 Å². The minimum absolute atomic E-state index is 0.194. The summed E-state index contributed by atoms with van der Waals surface area (Å²) in [5.74, 6) is 0.694. The summed E-state index contributed by atoms with van der Waals surface area (Å²) in [6.45, 7) is 5.98. The van der Waals surface area contributed by atoms with Gasteiger partial charge >= 0.3 is 0 Å². The molecule has 1 aromatic rings. The van der Waals surface area contributed by atoms with Gasteiger partial charge in [-0.05, 0) is 31.4 Å². The molecule has 1 N–H and O–H groups in total. The second kappa shape index (κ2) is 5.49. The zero-order valence-corrected chi connectivity index (χ0v) is 12.9. The Labute approximate surface area is 122 Å². The van der Waals surface area contributed by atoms with Crippen LogP contribution in [-0.4, -0.2) is 18.9 Å². The molecule has 0 bridgehead atoms. The van der Waals surface area contributed by atoms with Crippen LogP contribution in [0.3, 0.4) is 0 Å². The molecule has 0 unspecified atom stereocenters. The first kappa shape index (κ1) is 14.3. The number of thiophene rings is 1. The fraction of sp³-hybridized carbons (Fsp3) is 0.615. The number of nitrogens with one attached hydrogen (secondary N) is 1. The summed E-state index contributed by atoms with van der Waals surface area (Å²) in [7, 11) is 0. The van der Waals surface area contributed by atoms with E-state index in [0.717, 1.165) is 25.9 Å². The second-order valence-corrected chi connectivity index (χ2v) is 7.43. The van der Waals surface area contributed by atoms with E-state index in [9.17, 15) is 4.79 Å². The Bertz CT molecular complexity index is 430. The second-order valence-electron chi connectivity index (χ2n) is 5.37. The van der Waals surface area contributed by atoms with Crippen molar-refractivity contribution in [2.45, 2.75) is 26.7 Å². The van der Waals surface area contributed by atoms with E-state index in [0.29, 0.717) is 20.2 Å². The summed E-state index contributed by atoms with van der Waals surface area (Å²) in [5.41, 5.74) is -0.272. The Morgan fingerprint density at radius 2 is 2.28 bits per heavy atom. The molecule has 18 heavy (non-hydrogen) atoms. The molecule has 0 amide bonds. The summed E-state index contributed by atoms with van der Waals surface area (Å²) in [6.07, 6.45) is 1.81. The summed E-state index contributed by atoms with van der Waals surface area (Å²) in [4.78, 5) is 13.4. The highest BCUT2D eigenvalue weighted by atomic mass is 35.5. The molecule has 1 aliphatic rings. The van der Waals surface area contributed by atoms with Gasteiger partial charge < -0.3 is 5.32 Å². The lowest BCUT2D eigenvalue weighted by Gasteiger charge is -2.27. The monoisotopic (exact) mass is 305 g/mol. The Morgan fingerprint density at radius 3 is 2.72 bits per heavy atom. The van der Waals surface area contributed by atoms with Crippen LogP contribution in [0.5, 0.6) is 0 Å². The van der Waals surface area contributed by atoms with E-state index >= 15 is 0 Å². The van der Waals surface area contributed by atoms with Crippen molar-refractivity contribution in [2.24, 2.45) is 11.3 Å². The van der Waals surface area contributed by atoms with Crippen molar-refractivity contribution in [3.8, 4) is 0 Å². The molecule has 1 atom stereocenters. The first-order valence-electron chi connectivity index (χ1n) is 6.15. The van der Waals surface area contributed by atoms with Crippen molar-refractivity contribution in [3.63, 3.8) is 0 Å². The normalized spacial score (nSPS) is 23.8. The van der Waals surface area contributed by atoms with Gasteiger partial charge in [0.2, 0.25) is 0 Å². The van der Waals surface area contributed by atoms with Crippen molar-refractivity contribution in [1.29, 1.82) is 0 Å². The maximum Gasteiger partial charge on any atom is 0.180 e. The SMILES string of the molecule is CC(C)C[C@]1(C(=O)c2cc(Cl)c(Cl)s2)CCNC1. The quantitative estimate of drug-likeness (QED) is 0.842. The molecule has 0 aromatic carbocycles. The van der Waals surface area contributed by atoms with Gasteiger partial charge in [-0.15, -0.1) is 11.3 Å². The van der Waals surface area contributed by atoms with Crippen molar-refractivity contribution in [1.82, 2.24) is 5.32 Å². The number of hydrogen-bond acceptors (Lipinski definition) is 3. The standard InChI is InChI=1S/C13H17Cl2NOS/c1-8(2)6-13(3-4-16-7-13)11(17)10-5-9(14)12(15)18-10/h5,8,16H,3-4,6-7H2,1-2H3/t13-/m1/s1. The zero-order chi connectivity index (χ0) is 13.3. The third kappa shape index (κ3) is 2.74. The van der Waals surface area contributed by atoms with Gasteiger partial charge in [-0.1, -0.05) is 37.0 Å². The molecule has 1 aromatic heterocycles. The molecule has 0 aliphatic carbocycles. The van der Waals surface area contributed by atoms with Gasteiger partial charge in [0.15, 0.2) is 5.78 Å². The Kier molecular flexibility index (Phi) is 4.37. The molecule has 0 saturated carbocycles. The lowest BCUT2D eigenvalue weighted by Crippen LogP contribution is -2.34. The molecular formula is C13H17Cl2NOS. The van der Waals surface area contributed by atoms with Crippen molar-refractivity contribution < 1.29 is 4.79 Å². The third-order valence-corrected chi connectivity index (χ3v) is 5.26. The van der Waals surface area contributed by atoms with Crippen LogP contribution in [0, 0.1) is 11.3 Å². The molecule has 2 nitrogen and oxygen atoms in total. The maximum atomic E-state index is 12.7. The molecule has 1 aliphatic heterocycles. The predicted octanol–water partition coefficient (Wildman–Crippen LogP) is 4.26. The smallest absolute Gasteiger partial charge is 0.180 e. The van der Waals surface area contributed by atoms with Crippen LogP contribution in [0.15, 0.2) is 6.07 Å². The van der Waals surface area contributed by atoms with Crippen LogP contribution in [0.25, 0.3) is 0 Å². The Balaban J connectivity index is 2.28. The Hall–Kier alpha value is -0.0900. The van der Waals surface area contributed by atoms with Crippen molar-refractivity contribution >= 4 is 40.3 Å². The highest BCUT2D eigenvalue weighted by molar-refractivity contribution is 7.18. The van der Waals surface area contributed by atoms with Crippen LogP contribution < -0.4 is 5.32 Å². The average molecular weight is 306 g/mol. The summed E-state index contributed by atoms with van der Waals surface area (Å²) < 4.78 is 0.505. The van der Waals surface area contributed by atoms with Crippen molar-refractivity contribution in [3.05, 3.63) is 20.3 Å². The fourth-order valence-corrected chi connectivity index (χ4v) is 4.13. The van der Waals surface area contributed by atoms with Crippen LogP contribution in [0.4, 0.5) is 0 Å². The largest absolute Gasteiger partial charge is 0.316 e. The van der Waals surface area contributed by atoms with Crippen LogP contribution in [-0.2, 0) is 0 Å². The van der Waals surface area contributed by atoms with E-state index in [4.69, 9.17) is 23.2 Å². The minimum Gasteiger partial charge on any atom is -0.316 e. The highest BCUT2D eigenvalue weighted by Gasteiger charge is 2.42.